The number of hydrogen-bond donors (Lipinski definition) is 2. The molecule has 1 spiro atoms. The van der Waals surface area contributed by atoms with Gasteiger partial charge in [-0.25, -0.2) is 0 Å². The molecule has 4 atom stereocenters. The van der Waals surface area contributed by atoms with Gasteiger partial charge in [0.2, 0.25) is 5.89 Å². The third kappa shape index (κ3) is 1.59. The van der Waals surface area contributed by atoms with Gasteiger partial charge in [0.1, 0.15) is 0 Å². The molecule has 2 unspecified atom stereocenters. The predicted molar refractivity (Wildman–Crippen MR) is 61.8 cm³/mol. The zero-order chi connectivity index (χ0) is 12.8. The smallest absolute Gasteiger partial charge is 0.232 e. The summed E-state index contributed by atoms with van der Waals surface area (Å²) in [5.41, 5.74) is -0.335. The van der Waals surface area contributed by atoms with Gasteiger partial charge in [0, 0.05) is 5.92 Å². The lowest BCUT2D eigenvalue weighted by Crippen LogP contribution is -2.63. The first-order valence-corrected chi connectivity index (χ1v) is 6.38. The van der Waals surface area contributed by atoms with Gasteiger partial charge in [-0.3, -0.25) is 4.79 Å². The Labute approximate surface area is 105 Å². The predicted octanol–water partition coefficient (Wildman–Crippen LogP) is 0.245. The summed E-state index contributed by atoms with van der Waals surface area (Å²) in [7, 11) is 0. The summed E-state index contributed by atoms with van der Waals surface area (Å²) < 4.78 is 5.02. The second kappa shape index (κ2) is 4.13. The quantitative estimate of drug-likeness (QED) is 0.800. The third-order valence-electron chi connectivity index (χ3n) is 4.24. The molecule has 1 aromatic rings. The van der Waals surface area contributed by atoms with Gasteiger partial charge in [-0.05, 0) is 32.7 Å². The zero-order valence-electron chi connectivity index (χ0n) is 10.3. The van der Waals surface area contributed by atoms with Crippen LogP contribution in [0.4, 0.5) is 0 Å². The average molecular weight is 251 g/mol. The van der Waals surface area contributed by atoms with E-state index in [1.54, 1.807) is 6.92 Å². The number of nitrogens with zero attached hydrogens (tertiary/aromatic N) is 2. The van der Waals surface area contributed by atoms with Gasteiger partial charge in [-0.1, -0.05) is 5.16 Å². The number of carbonyl (C=O) groups is 1. The Hall–Kier alpha value is -1.27. The van der Waals surface area contributed by atoms with E-state index in [4.69, 9.17) is 4.52 Å². The second-order valence-corrected chi connectivity index (χ2v) is 5.33. The van der Waals surface area contributed by atoms with Crippen LogP contribution in [0.25, 0.3) is 0 Å². The summed E-state index contributed by atoms with van der Waals surface area (Å²) in [5, 5.41) is 16.7. The highest BCUT2D eigenvalue weighted by Crippen LogP contribution is 2.47. The highest BCUT2D eigenvalue weighted by molar-refractivity contribution is 5.97. The number of aliphatic hydroxyl groups is 1. The molecule has 6 nitrogen and oxygen atoms in total. The third-order valence-corrected chi connectivity index (χ3v) is 4.24. The molecule has 2 N–H and O–H groups in total. The van der Waals surface area contributed by atoms with E-state index in [2.05, 4.69) is 15.5 Å². The maximum atomic E-state index is 12.4. The molecule has 0 radical (unpaired) electrons. The summed E-state index contributed by atoms with van der Waals surface area (Å²) in [6, 6.07) is 0. The zero-order valence-corrected chi connectivity index (χ0v) is 10.3. The van der Waals surface area contributed by atoms with Crippen LogP contribution in [0.1, 0.15) is 38.0 Å². The summed E-state index contributed by atoms with van der Waals surface area (Å²) in [6.07, 6.45) is 3.33. The Kier molecular flexibility index (Phi) is 2.71. The summed E-state index contributed by atoms with van der Waals surface area (Å²) in [4.78, 5) is 16.3. The second-order valence-electron chi connectivity index (χ2n) is 5.33. The minimum Gasteiger partial charge on any atom is -0.393 e. The van der Waals surface area contributed by atoms with E-state index in [9.17, 15) is 9.90 Å². The van der Waals surface area contributed by atoms with E-state index in [0.717, 1.165) is 25.8 Å². The number of hydrogen-bond acceptors (Lipinski definition) is 6. The van der Waals surface area contributed by atoms with Crippen LogP contribution in [-0.4, -0.2) is 39.2 Å². The molecule has 1 aromatic heterocycles. The van der Waals surface area contributed by atoms with Gasteiger partial charge in [-0.15, -0.1) is 0 Å². The van der Waals surface area contributed by atoms with Crippen LogP contribution in [0, 0.1) is 5.92 Å². The Balaban J connectivity index is 1.80. The minimum atomic E-state index is -0.668. The van der Waals surface area contributed by atoms with E-state index in [-0.39, 0.29) is 23.2 Å². The van der Waals surface area contributed by atoms with Crippen molar-refractivity contribution in [1.29, 1.82) is 0 Å². The molecule has 18 heavy (non-hydrogen) atoms. The normalized spacial score (nSPS) is 34.6. The van der Waals surface area contributed by atoms with Gasteiger partial charge in [0.15, 0.2) is 12.1 Å². The maximum Gasteiger partial charge on any atom is 0.232 e. The van der Waals surface area contributed by atoms with Gasteiger partial charge < -0.3 is 14.9 Å². The van der Waals surface area contributed by atoms with Crippen LogP contribution < -0.4 is 5.32 Å². The van der Waals surface area contributed by atoms with Crippen molar-refractivity contribution in [2.75, 3.05) is 6.54 Å². The Bertz CT molecular complexity index is 437. The lowest BCUT2D eigenvalue weighted by atomic mass is 9.60. The Morgan fingerprint density at radius 2 is 2.50 bits per heavy atom. The fourth-order valence-electron chi connectivity index (χ4n) is 3.32. The monoisotopic (exact) mass is 251 g/mol. The van der Waals surface area contributed by atoms with Gasteiger partial charge in [0.05, 0.1) is 17.6 Å². The molecule has 0 bridgehead atoms. The van der Waals surface area contributed by atoms with Gasteiger partial charge >= 0.3 is 0 Å². The lowest BCUT2D eigenvalue weighted by Gasteiger charge is -2.46. The average Bonchev–Trinajstić information content (AvgIpc) is 2.99. The molecule has 0 aromatic carbocycles. The molecule has 2 aliphatic rings. The number of Topliss-reactive ketones (excluding diaryl/α,β-unsaturated/α-hetero) is 1. The Morgan fingerprint density at radius 1 is 1.67 bits per heavy atom. The van der Waals surface area contributed by atoms with Crippen LogP contribution in [0.2, 0.25) is 0 Å². The molecule has 0 amide bonds. The number of nitrogens with one attached hydrogen (secondary N) is 1. The molecule has 1 saturated carbocycles. The standard InChI is InChI=1S/C12H17N3O3/c1-7(16)9(11-13-6-15-18-11)8-5-12(10(8)17)3-2-4-14-12/h6-9,14,16H,2-5H2,1H3/t7-,8-,9?,12?/m1/s1. The molecule has 1 aliphatic carbocycles. The van der Waals surface area contributed by atoms with Crippen molar-refractivity contribution in [3.05, 3.63) is 12.2 Å². The number of rotatable bonds is 3. The Morgan fingerprint density at radius 3 is 3.00 bits per heavy atom. The van der Waals surface area contributed by atoms with E-state index < -0.39 is 6.10 Å². The summed E-state index contributed by atoms with van der Waals surface area (Å²) in [6.45, 7) is 2.56. The molecule has 3 rings (SSSR count). The summed E-state index contributed by atoms with van der Waals surface area (Å²) in [5.74, 6) is -0.0515. The van der Waals surface area contributed by atoms with Gasteiger partial charge in [0.25, 0.3) is 0 Å². The fraction of sp³-hybridized carbons (Fsp3) is 0.750. The van der Waals surface area contributed by atoms with Crippen LogP contribution in [-0.2, 0) is 4.79 Å². The highest BCUT2D eigenvalue weighted by Gasteiger charge is 2.58. The molecule has 98 valence electrons. The molecule has 2 heterocycles. The molecule has 1 aliphatic heterocycles. The summed E-state index contributed by atoms with van der Waals surface area (Å²) >= 11 is 0. The number of aromatic nitrogens is 2. The number of aliphatic hydroxyl groups excluding tert-OH is 1. The SMILES string of the molecule is C[C@@H](O)C(c1ncno1)[C@H]1CC2(CCCN2)C1=O. The van der Waals surface area contributed by atoms with Crippen molar-refractivity contribution in [2.24, 2.45) is 5.92 Å². The first kappa shape index (κ1) is 11.8. The van der Waals surface area contributed by atoms with Crippen LogP contribution in [0.5, 0.6) is 0 Å². The van der Waals surface area contributed by atoms with E-state index >= 15 is 0 Å². The van der Waals surface area contributed by atoms with Gasteiger partial charge in [-0.2, -0.15) is 4.98 Å². The first-order valence-electron chi connectivity index (χ1n) is 6.38. The maximum absolute atomic E-state index is 12.4. The highest BCUT2D eigenvalue weighted by atomic mass is 16.5. The van der Waals surface area contributed by atoms with Crippen molar-refractivity contribution in [3.63, 3.8) is 0 Å². The van der Waals surface area contributed by atoms with Crippen molar-refractivity contribution < 1.29 is 14.4 Å². The topological polar surface area (TPSA) is 88.2 Å². The van der Waals surface area contributed by atoms with E-state index in [1.165, 1.54) is 6.33 Å². The molecular formula is C12H17N3O3. The van der Waals surface area contributed by atoms with E-state index in [1.807, 2.05) is 0 Å². The molecule has 1 saturated heterocycles. The van der Waals surface area contributed by atoms with Crippen molar-refractivity contribution >= 4 is 5.78 Å². The van der Waals surface area contributed by atoms with Crippen LogP contribution in [0.3, 0.4) is 0 Å². The van der Waals surface area contributed by atoms with Crippen molar-refractivity contribution in [2.45, 2.75) is 43.7 Å². The first-order chi connectivity index (χ1) is 8.64. The minimum absolute atomic E-state index is 0.184. The molecule has 6 heteroatoms. The van der Waals surface area contributed by atoms with Crippen LogP contribution >= 0.6 is 0 Å². The number of ketones is 1. The van der Waals surface area contributed by atoms with Crippen LogP contribution in [0.15, 0.2) is 10.9 Å². The lowest BCUT2D eigenvalue weighted by molar-refractivity contribution is -0.143. The molecular weight excluding hydrogens is 234 g/mol. The molecule has 2 fully saturated rings. The van der Waals surface area contributed by atoms with E-state index in [0.29, 0.717) is 5.89 Å². The number of carbonyl (C=O) groups excluding carboxylic acids is 1. The van der Waals surface area contributed by atoms with Crippen molar-refractivity contribution in [1.82, 2.24) is 15.5 Å². The van der Waals surface area contributed by atoms with Crippen molar-refractivity contribution in [3.8, 4) is 0 Å². The fourth-order valence-corrected chi connectivity index (χ4v) is 3.32. The largest absolute Gasteiger partial charge is 0.393 e.